The molecule has 1 aliphatic carbocycles. The van der Waals surface area contributed by atoms with Gasteiger partial charge in [-0.1, -0.05) is 12.8 Å². The number of aryl methyl sites for hydroxylation is 1. The van der Waals surface area contributed by atoms with Crippen LogP contribution in [0.5, 0.6) is 5.75 Å². The van der Waals surface area contributed by atoms with Gasteiger partial charge in [0.05, 0.1) is 0 Å². The number of benzene rings is 1. The Hall–Kier alpha value is -1.09. The van der Waals surface area contributed by atoms with Gasteiger partial charge in [0.1, 0.15) is 17.7 Å². The minimum absolute atomic E-state index is 0.106. The normalized spacial score (nSPS) is 17.9. The lowest BCUT2D eigenvalue weighted by atomic mass is 10.2. The summed E-state index contributed by atoms with van der Waals surface area (Å²) in [6, 6.07) is 5.31. The second kappa shape index (κ2) is 6.19. The number of nitrogens with one attached hydrogen (secondary N) is 1. The lowest BCUT2D eigenvalue weighted by molar-refractivity contribution is 0.210. The first-order valence-electron chi connectivity index (χ1n) is 6.81. The molecule has 1 aromatic rings. The fourth-order valence-electron chi connectivity index (χ4n) is 2.47. The van der Waals surface area contributed by atoms with E-state index < -0.39 is 0 Å². The van der Waals surface area contributed by atoms with Gasteiger partial charge in [-0.25, -0.2) is 4.39 Å². The highest BCUT2D eigenvalue weighted by Gasteiger charge is 2.15. The zero-order chi connectivity index (χ0) is 13.0. The molecule has 0 bridgehead atoms. The maximum Gasteiger partial charge on any atom is 0.123 e. The van der Waals surface area contributed by atoms with Crippen molar-refractivity contribution in [3.8, 4) is 5.75 Å². The Morgan fingerprint density at radius 3 is 2.78 bits per heavy atom. The first kappa shape index (κ1) is 13.3. The van der Waals surface area contributed by atoms with E-state index in [-0.39, 0.29) is 11.9 Å². The first-order chi connectivity index (χ1) is 8.65. The molecule has 1 aliphatic rings. The third-order valence-corrected chi connectivity index (χ3v) is 3.51. The van der Waals surface area contributed by atoms with Crippen LogP contribution in [0.1, 0.15) is 38.2 Å². The van der Waals surface area contributed by atoms with Gasteiger partial charge in [0.2, 0.25) is 0 Å². The molecule has 18 heavy (non-hydrogen) atoms. The Bertz CT molecular complexity index is 388. The topological polar surface area (TPSA) is 21.3 Å². The van der Waals surface area contributed by atoms with Crippen molar-refractivity contribution in [1.82, 2.24) is 5.32 Å². The third kappa shape index (κ3) is 3.70. The Kier molecular flexibility index (Phi) is 4.59. The fourth-order valence-corrected chi connectivity index (χ4v) is 2.47. The molecule has 1 unspecified atom stereocenters. The van der Waals surface area contributed by atoms with Gasteiger partial charge in [0, 0.05) is 12.6 Å². The molecule has 0 amide bonds. The van der Waals surface area contributed by atoms with Gasteiger partial charge < -0.3 is 10.1 Å². The molecule has 0 heterocycles. The molecule has 0 aromatic heterocycles. The predicted molar refractivity (Wildman–Crippen MR) is 71.5 cm³/mol. The largest absolute Gasteiger partial charge is 0.489 e. The van der Waals surface area contributed by atoms with E-state index in [1.165, 1.54) is 37.8 Å². The summed E-state index contributed by atoms with van der Waals surface area (Å²) < 4.78 is 18.8. The van der Waals surface area contributed by atoms with Crippen LogP contribution in [0.15, 0.2) is 18.2 Å². The number of hydrogen-bond donors (Lipinski definition) is 1. The number of rotatable bonds is 5. The van der Waals surface area contributed by atoms with E-state index >= 15 is 0 Å². The average molecular weight is 251 g/mol. The highest BCUT2D eigenvalue weighted by Crippen LogP contribution is 2.20. The minimum atomic E-state index is -0.211. The van der Waals surface area contributed by atoms with Gasteiger partial charge >= 0.3 is 0 Å². The van der Waals surface area contributed by atoms with Crippen LogP contribution in [0.2, 0.25) is 0 Å². The van der Waals surface area contributed by atoms with E-state index in [0.29, 0.717) is 6.04 Å². The second-order valence-corrected chi connectivity index (χ2v) is 5.23. The molecule has 2 nitrogen and oxygen atoms in total. The molecule has 1 atom stereocenters. The van der Waals surface area contributed by atoms with Crippen molar-refractivity contribution in [2.45, 2.75) is 51.7 Å². The van der Waals surface area contributed by atoms with Gasteiger partial charge in [-0.05, 0) is 50.5 Å². The van der Waals surface area contributed by atoms with E-state index in [1.807, 2.05) is 13.8 Å². The quantitative estimate of drug-likeness (QED) is 0.865. The summed E-state index contributed by atoms with van der Waals surface area (Å²) in [5.74, 6) is 0.564. The molecule has 0 saturated heterocycles. The fraction of sp³-hybridized carbons (Fsp3) is 0.600. The second-order valence-electron chi connectivity index (χ2n) is 5.23. The van der Waals surface area contributed by atoms with Crippen LogP contribution in [0.3, 0.4) is 0 Å². The van der Waals surface area contributed by atoms with E-state index in [2.05, 4.69) is 5.32 Å². The molecule has 1 saturated carbocycles. The van der Waals surface area contributed by atoms with Crippen LogP contribution in [-0.2, 0) is 0 Å². The summed E-state index contributed by atoms with van der Waals surface area (Å²) in [4.78, 5) is 0. The van der Waals surface area contributed by atoms with E-state index in [1.54, 1.807) is 6.07 Å². The first-order valence-corrected chi connectivity index (χ1v) is 6.81. The van der Waals surface area contributed by atoms with Crippen LogP contribution in [0.25, 0.3) is 0 Å². The van der Waals surface area contributed by atoms with Crippen molar-refractivity contribution < 1.29 is 9.13 Å². The maximum absolute atomic E-state index is 13.0. The van der Waals surface area contributed by atoms with E-state index in [9.17, 15) is 4.39 Å². The average Bonchev–Trinajstić information content (AvgIpc) is 2.83. The number of ether oxygens (including phenoxy) is 1. The number of halogens is 1. The molecule has 1 N–H and O–H groups in total. The molecule has 0 radical (unpaired) electrons. The Balaban J connectivity index is 1.80. The maximum atomic E-state index is 13.0. The van der Waals surface area contributed by atoms with Gasteiger partial charge in [0.25, 0.3) is 0 Å². The van der Waals surface area contributed by atoms with Crippen LogP contribution in [-0.4, -0.2) is 18.7 Å². The Labute approximate surface area is 109 Å². The highest BCUT2D eigenvalue weighted by atomic mass is 19.1. The molecule has 2 rings (SSSR count). The lowest BCUT2D eigenvalue weighted by Crippen LogP contribution is -2.35. The zero-order valence-corrected chi connectivity index (χ0v) is 11.2. The Morgan fingerprint density at radius 1 is 1.39 bits per heavy atom. The minimum Gasteiger partial charge on any atom is -0.489 e. The summed E-state index contributed by atoms with van der Waals surface area (Å²) in [6.07, 6.45) is 5.34. The van der Waals surface area contributed by atoms with Gasteiger partial charge in [-0.15, -0.1) is 0 Å². The summed E-state index contributed by atoms with van der Waals surface area (Å²) in [5.41, 5.74) is 0.850. The molecule has 0 aliphatic heterocycles. The third-order valence-electron chi connectivity index (χ3n) is 3.51. The summed E-state index contributed by atoms with van der Waals surface area (Å²) in [5, 5.41) is 3.53. The predicted octanol–water partition coefficient (Wildman–Crippen LogP) is 3.43. The van der Waals surface area contributed by atoms with Crippen molar-refractivity contribution in [1.29, 1.82) is 0 Å². The van der Waals surface area contributed by atoms with E-state index in [4.69, 9.17) is 4.74 Å². The summed E-state index contributed by atoms with van der Waals surface area (Å²) >= 11 is 0. The van der Waals surface area contributed by atoms with Crippen LogP contribution in [0.4, 0.5) is 4.39 Å². The zero-order valence-electron chi connectivity index (χ0n) is 11.2. The standard InChI is InChI=1S/C15H22FNO/c1-11-9-13(16)7-8-15(11)18-12(2)10-17-14-5-3-4-6-14/h7-9,12,14,17H,3-6,10H2,1-2H3. The summed E-state index contributed by atoms with van der Waals surface area (Å²) in [7, 11) is 0. The smallest absolute Gasteiger partial charge is 0.123 e. The molecule has 3 heteroatoms. The van der Waals surface area contributed by atoms with Crippen LogP contribution < -0.4 is 10.1 Å². The molecule has 100 valence electrons. The van der Waals surface area contributed by atoms with Crippen LogP contribution in [0, 0.1) is 12.7 Å². The SMILES string of the molecule is Cc1cc(F)ccc1OC(C)CNC1CCCC1. The monoisotopic (exact) mass is 251 g/mol. The van der Waals surface area contributed by atoms with Crippen molar-refractivity contribution in [2.75, 3.05) is 6.54 Å². The Morgan fingerprint density at radius 2 is 2.11 bits per heavy atom. The molecular formula is C15H22FNO. The van der Waals surface area contributed by atoms with Gasteiger partial charge in [0.15, 0.2) is 0 Å². The van der Waals surface area contributed by atoms with Crippen molar-refractivity contribution in [3.05, 3.63) is 29.6 Å². The molecule has 1 aromatic carbocycles. The van der Waals surface area contributed by atoms with Crippen molar-refractivity contribution >= 4 is 0 Å². The van der Waals surface area contributed by atoms with Crippen LogP contribution >= 0.6 is 0 Å². The lowest BCUT2D eigenvalue weighted by Gasteiger charge is -2.19. The van der Waals surface area contributed by atoms with Gasteiger partial charge in [-0.2, -0.15) is 0 Å². The molecular weight excluding hydrogens is 229 g/mol. The van der Waals surface area contributed by atoms with Gasteiger partial charge in [-0.3, -0.25) is 0 Å². The van der Waals surface area contributed by atoms with E-state index in [0.717, 1.165) is 17.9 Å². The molecule has 0 spiro atoms. The van der Waals surface area contributed by atoms with Crippen molar-refractivity contribution in [3.63, 3.8) is 0 Å². The molecule has 1 fully saturated rings. The number of hydrogen-bond acceptors (Lipinski definition) is 2. The summed E-state index contributed by atoms with van der Waals surface area (Å²) in [6.45, 7) is 4.77. The van der Waals surface area contributed by atoms with Crippen molar-refractivity contribution in [2.24, 2.45) is 0 Å². The highest BCUT2D eigenvalue weighted by molar-refractivity contribution is 5.32.